The molecule has 1 aromatic rings. The maximum absolute atomic E-state index is 5.96. The van der Waals surface area contributed by atoms with Crippen molar-refractivity contribution < 1.29 is 4.74 Å². The molecule has 2 N–H and O–H groups in total. The van der Waals surface area contributed by atoms with E-state index in [0.29, 0.717) is 5.92 Å². The summed E-state index contributed by atoms with van der Waals surface area (Å²) < 4.78 is 5.49. The molecule has 1 atom stereocenters. The standard InChI is InChI=1S/C15H23NO/c1-11(16)13-8-9-15(17-2)14(10-13)12-6-4-3-5-7-12/h8-12H,3-7,16H2,1-2H3. The molecular formula is C15H23NO. The zero-order valence-corrected chi connectivity index (χ0v) is 10.9. The van der Waals surface area contributed by atoms with Crippen molar-refractivity contribution in [2.45, 2.75) is 51.0 Å². The zero-order chi connectivity index (χ0) is 12.3. The van der Waals surface area contributed by atoms with Gasteiger partial charge in [0, 0.05) is 6.04 Å². The van der Waals surface area contributed by atoms with Gasteiger partial charge in [-0.3, -0.25) is 0 Å². The van der Waals surface area contributed by atoms with E-state index in [-0.39, 0.29) is 6.04 Å². The van der Waals surface area contributed by atoms with E-state index in [2.05, 4.69) is 18.2 Å². The van der Waals surface area contributed by atoms with Crippen molar-refractivity contribution in [3.8, 4) is 5.75 Å². The molecule has 94 valence electrons. The number of benzene rings is 1. The molecule has 0 saturated heterocycles. The fourth-order valence-corrected chi connectivity index (χ4v) is 2.77. The Morgan fingerprint density at radius 1 is 1.24 bits per heavy atom. The molecule has 1 fully saturated rings. The summed E-state index contributed by atoms with van der Waals surface area (Å²) in [5.41, 5.74) is 8.54. The molecule has 1 saturated carbocycles. The van der Waals surface area contributed by atoms with Crippen LogP contribution in [0.3, 0.4) is 0 Å². The van der Waals surface area contributed by atoms with E-state index in [1.165, 1.54) is 43.2 Å². The summed E-state index contributed by atoms with van der Waals surface area (Å²) in [5, 5.41) is 0. The topological polar surface area (TPSA) is 35.2 Å². The second-order valence-corrected chi connectivity index (χ2v) is 5.12. The average molecular weight is 233 g/mol. The number of hydrogen-bond donors (Lipinski definition) is 1. The summed E-state index contributed by atoms with van der Waals surface area (Å²) in [7, 11) is 1.76. The van der Waals surface area contributed by atoms with E-state index in [1.54, 1.807) is 7.11 Å². The van der Waals surface area contributed by atoms with Crippen molar-refractivity contribution in [3.05, 3.63) is 29.3 Å². The first kappa shape index (κ1) is 12.4. The van der Waals surface area contributed by atoms with Gasteiger partial charge in [0.2, 0.25) is 0 Å². The predicted octanol–water partition coefficient (Wildman–Crippen LogP) is 3.76. The SMILES string of the molecule is COc1ccc(C(C)N)cc1C1CCCCC1. The molecule has 0 bridgehead atoms. The first-order chi connectivity index (χ1) is 8.22. The van der Waals surface area contributed by atoms with Crippen molar-refractivity contribution in [3.63, 3.8) is 0 Å². The van der Waals surface area contributed by atoms with Crippen molar-refractivity contribution in [1.29, 1.82) is 0 Å². The third kappa shape index (κ3) is 2.81. The summed E-state index contributed by atoms with van der Waals surface area (Å²) in [6.45, 7) is 2.03. The molecular weight excluding hydrogens is 210 g/mol. The molecule has 2 rings (SSSR count). The Morgan fingerprint density at radius 2 is 1.94 bits per heavy atom. The van der Waals surface area contributed by atoms with Crippen LogP contribution in [0.2, 0.25) is 0 Å². The molecule has 1 aliphatic carbocycles. The maximum Gasteiger partial charge on any atom is 0.122 e. The molecule has 1 unspecified atom stereocenters. The van der Waals surface area contributed by atoms with Gasteiger partial charge in [-0.1, -0.05) is 31.4 Å². The monoisotopic (exact) mass is 233 g/mol. The number of nitrogens with two attached hydrogens (primary N) is 1. The lowest BCUT2D eigenvalue weighted by Crippen LogP contribution is -2.10. The number of ether oxygens (including phenoxy) is 1. The summed E-state index contributed by atoms with van der Waals surface area (Å²) in [4.78, 5) is 0. The predicted molar refractivity (Wildman–Crippen MR) is 71.4 cm³/mol. The van der Waals surface area contributed by atoms with Crippen LogP contribution in [0, 0.1) is 0 Å². The largest absolute Gasteiger partial charge is 0.496 e. The molecule has 0 aromatic heterocycles. The molecule has 0 heterocycles. The molecule has 17 heavy (non-hydrogen) atoms. The number of methoxy groups -OCH3 is 1. The summed E-state index contributed by atoms with van der Waals surface area (Å²) in [6.07, 6.45) is 6.65. The third-order valence-electron chi connectivity index (χ3n) is 3.82. The Morgan fingerprint density at radius 3 is 2.53 bits per heavy atom. The molecule has 1 aromatic carbocycles. The first-order valence-electron chi connectivity index (χ1n) is 6.65. The second kappa shape index (κ2) is 5.54. The van der Waals surface area contributed by atoms with Crippen LogP contribution in [-0.2, 0) is 0 Å². The van der Waals surface area contributed by atoms with Crippen LogP contribution in [0.4, 0.5) is 0 Å². The minimum atomic E-state index is 0.100. The fourth-order valence-electron chi connectivity index (χ4n) is 2.77. The molecule has 2 heteroatoms. The van der Waals surface area contributed by atoms with Crippen LogP contribution in [0.1, 0.15) is 62.1 Å². The summed E-state index contributed by atoms with van der Waals surface area (Å²) in [6, 6.07) is 6.50. The molecule has 2 nitrogen and oxygen atoms in total. The normalized spacial score (nSPS) is 19.0. The molecule has 0 amide bonds. The molecule has 0 radical (unpaired) electrons. The van der Waals surface area contributed by atoms with E-state index in [0.717, 1.165) is 5.75 Å². The highest BCUT2D eigenvalue weighted by Gasteiger charge is 2.19. The van der Waals surface area contributed by atoms with Gasteiger partial charge in [-0.25, -0.2) is 0 Å². The average Bonchev–Trinajstić information content (AvgIpc) is 2.39. The highest BCUT2D eigenvalue weighted by Crippen LogP contribution is 2.38. The van der Waals surface area contributed by atoms with Gasteiger partial charge in [-0.05, 0) is 42.9 Å². The second-order valence-electron chi connectivity index (χ2n) is 5.12. The van der Waals surface area contributed by atoms with E-state index in [9.17, 15) is 0 Å². The maximum atomic E-state index is 5.96. The van der Waals surface area contributed by atoms with Gasteiger partial charge in [0.05, 0.1) is 7.11 Å². The van der Waals surface area contributed by atoms with Gasteiger partial charge < -0.3 is 10.5 Å². The van der Waals surface area contributed by atoms with E-state index in [4.69, 9.17) is 10.5 Å². The van der Waals surface area contributed by atoms with Gasteiger partial charge in [-0.2, -0.15) is 0 Å². The smallest absolute Gasteiger partial charge is 0.122 e. The van der Waals surface area contributed by atoms with Crippen LogP contribution in [0.5, 0.6) is 5.75 Å². The summed E-state index contributed by atoms with van der Waals surface area (Å²) in [5.74, 6) is 1.69. The minimum Gasteiger partial charge on any atom is -0.496 e. The Labute approximate surface area is 104 Å². The van der Waals surface area contributed by atoms with Gasteiger partial charge in [0.1, 0.15) is 5.75 Å². The lowest BCUT2D eigenvalue weighted by atomic mass is 9.83. The minimum absolute atomic E-state index is 0.100. The Bertz CT molecular complexity index is 367. The molecule has 1 aliphatic rings. The highest BCUT2D eigenvalue weighted by molar-refractivity contribution is 5.40. The summed E-state index contributed by atoms with van der Waals surface area (Å²) >= 11 is 0. The van der Waals surface area contributed by atoms with Crippen LogP contribution in [-0.4, -0.2) is 7.11 Å². The third-order valence-corrected chi connectivity index (χ3v) is 3.82. The Kier molecular flexibility index (Phi) is 4.06. The highest BCUT2D eigenvalue weighted by atomic mass is 16.5. The number of rotatable bonds is 3. The van der Waals surface area contributed by atoms with Crippen LogP contribution in [0.25, 0.3) is 0 Å². The Balaban J connectivity index is 2.30. The van der Waals surface area contributed by atoms with Crippen LogP contribution in [0.15, 0.2) is 18.2 Å². The first-order valence-corrected chi connectivity index (χ1v) is 6.65. The fraction of sp³-hybridized carbons (Fsp3) is 0.600. The van der Waals surface area contributed by atoms with Gasteiger partial charge in [0.25, 0.3) is 0 Å². The quantitative estimate of drug-likeness (QED) is 0.862. The van der Waals surface area contributed by atoms with Gasteiger partial charge in [0.15, 0.2) is 0 Å². The van der Waals surface area contributed by atoms with Crippen LogP contribution < -0.4 is 10.5 Å². The van der Waals surface area contributed by atoms with E-state index in [1.807, 2.05) is 6.92 Å². The van der Waals surface area contributed by atoms with Gasteiger partial charge >= 0.3 is 0 Å². The van der Waals surface area contributed by atoms with Crippen molar-refractivity contribution >= 4 is 0 Å². The molecule has 0 aliphatic heterocycles. The zero-order valence-electron chi connectivity index (χ0n) is 10.9. The van der Waals surface area contributed by atoms with Crippen molar-refractivity contribution in [2.24, 2.45) is 5.73 Å². The van der Waals surface area contributed by atoms with E-state index < -0.39 is 0 Å². The van der Waals surface area contributed by atoms with Crippen molar-refractivity contribution in [1.82, 2.24) is 0 Å². The number of hydrogen-bond acceptors (Lipinski definition) is 2. The van der Waals surface area contributed by atoms with Crippen molar-refractivity contribution in [2.75, 3.05) is 7.11 Å². The lowest BCUT2D eigenvalue weighted by molar-refractivity contribution is 0.386. The van der Waals surface area contributed by atoms with Gasteiger partial charge in [-0.15, -0.1) is 0 Å². The lowest BCUT2D eigenvalue weighted by Gasteiger charge is -2.24. The Hall–Kier alpha value is -1.02. The van der Waals surface area contributed by atoms with Crippen LogP contribution >= 0.6 is 0 Å². The molecule has 0 spiro atoms. The van der Waals surface area contributed by atoms with E-state index >= 15 is 0 Å².